The Morgan fingerprint density at radius 1 is 1.06 bits per heavy atom. The van der Waals surface area contributed by atoms with Gasteiger partial charge in [0, 0.05) is 29.4 Å². The number of hydrogen-bond donors (Lipinski definition) is 0. The Bertz CT molecular complexity index is 344. The van der Waals surface area contributed by atoms with Gasteiger partial charge in [-0.2, -0.15) is 0 Å². The topological polar surface area (TPSA) is 3.24 Å². The van der Waals surface area contributed by atoms with Crippen molar-refractivity contribution in [3.8, 4) is 0 Å². The fourth-order valence-electron chi connectivity index (χ4n) is 2.03. The highest BCUT2D eigenvalue weighted by atomic mass is 35.5. The summed E-state index contributed by atoms with van der Waals surface area (Å²) >= 11 is 12.3. The second kappa shape index (κ2) is 8.66. The van der Waals surface area contributed by atoms with Crippen LogP contribution in [0.15, 0.2) is 18.2 Å². The van der Waals surface area contributed by atoms with Crippen molar-refractivity contribution in [3.63, 3.8) is 0 Å². The third-order valence-corrected chi connectivity index (χ3v) is 3.75. The van der Waals surface area contributed by atoms with Gasteiger partial charge in [0.2, 0.25) is 0 Å². The molecule has 1 aromatic rings. The van der Waals surface area contributed by atoms with Crippen LogP contribution in [0.1, 0.15) is 45.1 Å². The first-order valence-corrected chi connectivity index (χ1v) is 7.74. The summed E-state index contributed by atoms with van der Waals surface area (Å²) in [5, 5.41) is 0.778. The minimum atomic E-state index is 0.476. The van der Waals surface area contributed by atoms with Gasteiger partial charge in [-0.25, -0.2) is 0 Å². The number of hydrogen-bond acceptors (Lipinski definition) is 1. The zero-order chi connectivity index (χ0) is 13.4. The highest BCUT2D eigenvalue weighted by molar-refractivity contribution is 6.32. The van der Waals surface area contributed by atoms with Crippen LogP contribution < -0.4 is 4.90 Å². The molecule has 0 saturated carbocycles. The van der Waals surface area contributed by atoms with E-state index in [1.807, 2.05) is 12.1 Å². The van der Waals surface area contributed by atoms with Crippen LogP contribution in [0, 0.1) is 0 Å². The average molecular weight is 288 g/mol. The SMILES string of the molecule is CCCCN(CCCC)c1cccc(Cl)c1CCl. The summed E-state index contributed by atoms with van der Waals surface area (Å²) in [6.07, 6.45) is 4.83. The van der Waals surface area contributed by atoms with Gasteiger partial charge in [-0.15, -0.1) is 11.6 Å². The van der Waals surface area contributed by atoms with E-state index >= 15 is 0 Å². The summed E-state index contributed by atoms with van der Waals surface area (Å²) in [5.74, 6) is 0.476. The van der Waals surface area contributed by atoms with E-state index in [-0.39, 0.29) is 0 Å². The minimum Gasteiger partial charge on any atom is -0.371 e. The van der Waals surface area contributed by atoms with Gasteiger partial charge in [0.1, 0.15) is 0 Å². The first-order valence-electron chi connectivity index (χ1n) is 6.82. The Hall–Kier alpha value is -0.400. The quantitative estimate of drug-likeness (QED) is 0.572. The molecule has 0 saturated heterocycles. The number of nitrogens with zero attached hydrogens (tertiary/aromatic N) is 1. The zero-order valence-corrected chi connectivity index (χ0v) is 12.9. The lowest BCUT2D eigenvalue weighted by Gasteiger charge is -2.27. The van der Waals surface area contributed by atoms with Crippen LogP contribution in [-0.4, -0.2) is 13.1 Å². The van der Waals surface area contributed by atoms with Crippen molar-refractivity contribution in [2.75, 3.05) is 18.0 Å². The molecule has 0 atom stereocenters. The van der Waals surface area contributed by atoms with Crippen molar-refractivity contribution in [2.24, 2.45) is 0 Å². The van der Waals surface area contributed by atoms with Gasteiger partial charge in [0.25, 0.3) is 0 Å². The predicted molar refractivity (Wildman–Crippen MR) is 83.0 cm³/mol. The summed E-state index contributed by atoms with van der Waals surface area (Å²) in [6, 6.07) is 6.06. The molecule has 0 radical (unpaired) electrons. The molecule has 3 heteroatoms. The molecule has 1 aromatic carbocycles. The molecule has 1 nitrogen and oxygen atoms in total. The molecule has 18 heavy (non-hydrogen) atoms. The van der Waals surface area contributed by atoms with Gasteiger partial charge in [-0.3, -0.25) is 0 Å². The molecule has 1 rings (SSSR count). The summed E-state index contributed by atoms with van der Waals surface area (Å²) in [6.45, 7) is 6.61. The molecule has 0 spiro atoms. The van der Waals surface area contributed by atoms with E-state index in [4.69, 9.17) is 23.2 Å². The van der Waals surface area contributed by atoms with E-state index in [2.05, 4.69) is 24.8 Å². The molecule has 0 N–H and O–H groups in total. The summed E-state index contributed by atoms with van der Waals surface area (Å²) in [4.78, 5) is 2.43. The minimum absolute atomic E-state index is 0.476. The number of rotatable bonds is 8. The van der Waals surface area contributed by atoms with Crippen molar-refractivity contribution in [2.45, 2.75) is 45.4 Å². The van der Waals surface area contributed by atoms with E-state index < -0.39 is 0 Å². The van der Waals surface area contributed by atoms with E-state index in [1.54, 1.807) is 0 Å². The highest BCUT2D eigenvalue weighted by Crippen LogP contribution is 2.29. The molecule has 0 aliphatic heterocycles. The lowest BCUT2D eigenvalue weighted by atomic mass is 10.1. The third-order valence-electron chi connectivity index (χ3n) is 3.13. The van der Waals surface area contributed by atoms with E-state index in [0.717, 1.165) is 23.7 Å². The first-order chi connectivity index (χ1) is 8.74. The van der Waals surface area contributed by atoms with E-state index in [0.29, 0.717) is 5.88 Å². The first kappa shape index (κ1) is 15.7. The van der Waals surface area contributed by atoms with Gasteiger partial charge in [0.05, 0.1) is 5.88 Å². The van der Waals surface area contributed by atoms with Gasteiger partial charge < -0.3 is 4.90 Å². The molecule has 0 bridgehead atoms. The average Bonchev–Trinajstić information content (AvgIpc) is 2.39. The normalized spacial score (nSPS) is 10.7. The van der Waals surface area contributed by atoms with Gasteiger partial charge in [-0.1, -0.05) is 44.4 Å². The molecular formula is C15H23Cl2N. The van der Waals surface area contributed by atoms with Crippen molar-refractivity contribution in [1.82, 2.24) is 0 Å². The van der Waals surface area contributed by atoms with Crippen LogP contribution in [0.5, 0.6) is 0 Å². The van der Waals surface area contributed by atoms with Crippen LogP contribution in [0.4, 0.5) is 5.69 Å². The summed E-state index contributed by atoms with van der Waals surface area (Å²) in [7, 11) is 0. The number of alkyl halides is 1. The van der Waals surface area contributed by atoms with Crippen LogP contribution in [0.2, 0.25) is 5.02 Å². The van der Waals surface area contributed by atoms with Crippen LogP contribution in [0.25, 0.3) is 0 Å². The van der Waals surface area contributed by atoms with Crippen molar-refractivity contribution >= 4 is 28.9 Å². The molecular weight excluding hydrogens is 265 g/mol. The lowest BCUT2D eigenvalue weighted by molar-refractivity contribution is 0.676. The van der Waals surface area contributed by atoms with Gasteiger partial charge in [-0.05, 0) is 25.0 Å². The molecule has 0 aromatic heterocycles. The number of halogens is 2. The van der Waals surface area contributed by atoms with Crippen molar-refractivity contribution in [1.29, 1.82) is 0 Å². The molecule has 0 aliphatic carbocycles. The Balaban J connectivity index is 2.91. The fourth-order valence-corrected chi connectivity index (χ4v) is 2.61. The van der Waals surface area contributed by atoms with Crippen LogP contribution in [0.3, 0.4) is 0 Å². The van der Waals surface area contributed by atoms with E-state index in [9.17, 15) is 0 Å². The molecule has 0 aliphatic rings. The largest absolute Gasteiger partial charge is 0.371 e. The number of benzene rings is 1. The summed E-state index contributed by atoms with van der Waals surface area (Å²) < 4.78 is 0. The third kappa shape index (κ3) is 4.37. The lowest BCUT2D eigenvalue weighted by Crippen LogP contribution is -2.26. The van der Waals surface area contributed by atoms with Crippen molar-refractivity contribution in [3.05, 3.63) is 28.8 Å². The van der Waals surface area contributed by atoms with Gasteiger partial charge in [0.15, 0.2) is 0 Å². The zero-order valence-electron chi connectivity index (χ0n) is 11.4. The maximum absolute atomic E-state index is 6.23. The molecule has 102 valence electrons. The molecule has 0 fully saturated rings. The predicted octanol–water partition coefficient (Wildman–Crippen LogP) is 5.49. The monoisotopic (exact) mass is 287 g/mol. The maximum Gasteiger partial charge on any atom is 0.0509 e. The molecule has 0 heterocycles. The van der Waals surface area contributed by atoms with Crippen molar-refractivity contribution < 1.29 is 0 Å². The smallest absolute Gasteiger partial charge is 0.0509 e. The maximum atomic E-state index is 6.23. The Morgan fingerprint density at radius 2 is 1.67 bits per heavy atom. The Labute approximate surface area is 121 Å². The number of unbranched alkanes of at least 4 members (excludes halogenated alkanes) is 2. The fraction of sp³-hybridized carbons (Fsp3) is 0.600. The highest BCUT2D eigenvalue weighted by Gasteiger charge is 2.12. The van der Waals surface area contributed by atoms with Gasteiger partial charge >= 0.3 is 0 Å². The number of anilines is 1. The summed E-state index contributed by atoms with van der Waals surface area (Å²) in [5.41, 5.74) is 2.27. The van der Waals surface area contributed by atoms with Crippen LogP contribution >= 0.6 is 23.2 Å². The second-order valence-electron chi connectivity index (χ2n) is 4.57. The molecule has 0 unspecified atom stereocenters. The van der Waals surface area contributed by atoms with E-state index in [1.165, 1.54) is 31.4 Å². The standard InChI is InChI=1S/C15H23Cl2N/c1-3-5-10-18(11-6-4-2)15-9-7-8-14(17)13(15)12-16/h7-9H,3-6,10-12H2,1-2H3. The molecule has 0 amide bonds. The Morgan fingerprint density at radius 3 is 2.17 bits per heavy atom. The van der Waals surface area contributed by atoms with Crippen LogP contribution in [-0.2, 0) is 5.88 Å². The Kier molecular flexibility index (Phi) is 7.53. The second-order valence-corrected chi connectivity index (χ2v) is 5.24.